The van der Waals surface area contributed by atoms with E-state index in [-0.39, 0.29) is 5.12 Å². The lowest BCUT2D eigenvalue weighted by Crippen LogP contribution is -1.89. The van der Waals surface area contributed by atoms with Gasteiger partial charge in [-0.15, -0.1) is 0 Å². The summed E-state index contributed by atoms with van der Waals surface area (Å²) >= 11 is 1.32. The smallest absolute Gasteiger partial charge is 0.185 e. The highest BCUT2D eigenvalue weighted by Crippen LogP contribution is 2.14. The summed E-state index contributed by atoms with van der Waals surface area (Å²) in [6, 6.07) is 6.05. The van der Waals surface area contributed by atoms with Crippen molar-refractivity contribution in [1.29, 1.82) is 0 Å². The van der Waals surface area contributed by atoms with Gasteiger partial charge in [0, 0.05) is 37.1 Å². The predicted molar refractivity (Wildman–Crippen MR) is 75.3 cm³/mol. The third kappa shape index (κ3) is 3.14. The Balaban J connectivity index is 2.05. The van der Waals surface area contributed by atoms with Gasteiger partial charge in [-0.05, 0) is 18.2 Å². The SMILES string of the molecule is CC(=O)SCCC#Cc1ccc2cnn(C)c2c1. The van der Waals surface area contributed by atoms with Crippen molar-refractivity contribution in [2.45, 2.75) is 13.3 Å². The molecule has 0 saturated carbocycles. The summed E-state index contributed by atoms with van der Waals surface area (Å²) in [5.74, 6) is 6.95. The van der Waals surface area contributed by atoms with E-state index < -0.39 is 0 Å². The van der Waals surface area contributed by atoms with Crippen molar-refractivity contribution < 1.29 is 4.79 Å². The Morgan fingerprint density at radius 3 is 3.11 bits per heavy atom. The van der Waals surface area contributed by atoms with Crippen LogP contribution in [0.2, 0.25) is 0 Å². The van der Waals surface area contributed by atoms with Crippen molar-refractivity contribution in [3.63, 3.8) is 0 Å². The van der Waals surface area contributed by atoms with Crippen LogP contribution in [-0.2, 0) is 11.8 Å². The molecule has 0 fully saturated rings. The first-order chi connectivity index (χ1) is 8.66. The molecule has 2 aromatic rings. The third-order valence-corrected chi connectivity index (χ3v) is 3.33. The molecule has 0 amide bonds. The van der Waals surface area contributed by atoms with Crippen molar-refractivity contribution in [3.8, 4) is 11.8 Å². The number of nitrogens with zero attached hydrogens (tertiary/aromatic N) is 2. The predicted octanol–water partition coefficient (Wildman–Crippen LogP) is 2.59. The molecule has 18 heavy (non-hydrogen) atoms. The minimum absolute atomic E-state index is 0.146. The minimum atomic E-state index is 0.146. The first kappa shape index (κ1) is 12.7. The molecule has 0 aliphatic heterocycles. The van der Waals surface area contributed by atoms with Crippen LogP contribution in [0.4, 0.5) is 0 Å². The molecular weight excluding hydrogens is 244 g/mol. The molecule has 0 saturated heterocycles. The number of hydrogen-bond acceptors (Lipinski definition) is 3. The molecule has 1 aromatic heterocycles. The first-order valence-electron chi connectivity index (χ1n) is 5.71. The zero-order valence-electron chi connectivity index (χ0n) is 10.4. The van der Waals surface area contributed by atoms with Gasteiger partial charge in [0.05, 0.1) is 11.7 Å². The molecule has 0 aliphatic rings. The number of carbonyl (C=O) groups is 1. The average molecular weight is 258 g/mol. The van der Waals surface area contributed by atoms with E-state index in [0.717, 1.165) is 28.6 Å². The van der Waals surface area contributed by atoms with E-state index in [2.05, 4.69) is 16.9 Å². The maximum Gasteiger partial charge on any atom is 0.185 e. The number of rotatable bonds is 2. The van der Waals surface area contributed by atoms with Crippen LogP contribution in [0.15, 0.2) is 24.4 Å². The van der Waals surface area contributed by atoms with E-state index in [0.29, 0.717) is 0 Å². The highest BCUT2D eigenvalue weighted by Gasteiger charge is 1.98. The summed E-state index contributed by atoms with van der Waals surface area (Å²) in [6.45, 7) is 1.58. The van der Waals surface area contributed by atoms with Crippen LogP contribution >= 0.6 is 11.8 Å². The van der Waals surface area contributed by atoms with E-state index in [9.17, 15) is 4.79 Å². The second-order valence-electron chi connectivity index (χ2n) is 3.93. The monoisotopic (exact) mass is 258 g/mol. The molecule has 2 rings (SSSR count). The van der Waals surface area contributed by atoms with Crippen LogP contribution in [0.3, 0.4) is 0 Å². The third-order valence-electron chi connectivity index (χ3n) is 2.51. The summed E-state index contributed by atoms with van der Waals surface area (Å²) < 4.78 is 1.84. The molecule has 0 bridgehead atoms. The Labute approximate surface area is 111 Å². The zero-order valence-corrected chi connectivity index (χ0v) is 11.3. The lowest BCUT2D eigenvalue weighted by Gasteiger charge is -1.95. The lowest BCUT2D eigenvalue weighted by atomic mass is 10.1. The van der Waals surface area contributed by atoms with Gasteiger partial charge in [-0.25, -0.2) is 0 Å². The molecule has 0 atom stereocenters. The summed E-state index contributed by atoms with van der Waals surface area (Å²) in [5, 5.41) is 5.46. The lowest BCUT2D eigenvalue weighted by molar-refractivity contribution is -0.109. The van der Waals surface area contributed by atoms with Gasteiger partial charge in [-0.2, -0.15) is 5.10 Å². The van der Waals surface area contributed by atoms with Gasteiger partial charge in [-0.1, -0.05) is 23.6 Å². The van der Waals surface area contributed by atoms with Gasteiger partial charge in [0.1, 0.15) is 0 Å². The van der Waals surface area contributed by atoms with Crippen LogP contribution in [0, 0.1) is 11.8 Å². The fourth-order valence-electron chi connectivity index (χ4n) is 1.63. The van der Waals surface area contributed by atoms with Crippen molar-refractivity contribution in [3.05, 3.63) is 30.0 Å². The number of benzene rings is 1. The summed E-state index contributed by atoms with van der Waals surface area (Å²) in [6.07, 6.45) is 2.57. The fourth-order valence-corrected chi connectivity index (χ4v) is 2.12. The molecule has 0 radical (unpaired) electrons. The topological polar surface area (TPSA) is 34.9 Å². The van der Waals surface area contributed by atoms with E-state index in [1.54, 1.807) is 6.92 Å². The van der Waals surface area contributed by atoms with Gasteiger partial charge in [-0.3, -0.25) is 9.48 Å². The van der Waals surface area contributed by atoms with Gasteiger partial charge in [0.15, 0.2) is 5.12 Å². The maximum atomic E-state index is 10.7. The molecular formula is C14H14N2OS. The van der Waals surface area contributed by atoms with Crippen molar-refractivity contribution in [2.75, 3.05) is 5.75 Å². The quantitative estimate of drug-likeness (QED) is 0.613. The van der Waals surface area contributed by atoms with E-state index in [1.807, 2.05) is 36.1 Å². The molecule has 3 nitrogen and oxygen atoms in total. The molecule has 1 aromatic carbocycles. The summed E-state index contributed by atoms with van der Waals surface area (Å²) in [4.78, 5) is 10.7. The Morgan fingerprint density at radius 1 is 1.50 bits per heavy atom. The minimum Gasteiger partial charge on any atom is -0.288 e. The number of thioether (sulfide) groups is 1. The zero-order chi connectivity index (χ0) is 13.0. The molecule has 4 heteroatoms. The second-order valence-corrected chi connectivity index (χ2v) is 5.21. The van der Waals surface area contributed by atoms with Crippen LogP contribution in [0.1, 0.15) is 18.9 Å². The van der Waals surface area contributed by atoms with E-state index in [4.69, 9.17) is 0 Å². The number of aromatic nitrogens is 2. The highest BCUT2D eigenvalue weighted by atomic mass is 32.2. The van der Waals surface area contributed by atoms with E-state index in [1.165, 1.54) is 11.8 Å². The standard InChI is InChI=1S/C14H14N2OS/c1-11(17)18-8-4-3-5-12-6-7-13-10-15-16(2)14(13)9-12/h6-7,9-10H,4,8H2,1-2H3. The second kappa shape index (κ2) is 5.74. The van der Waals surface area contributed by atoms with Crippen LogP contribution < -0.4 is 0 Å². The maximum absolute atomic E-state index is 10.7. The summed E-state index contributed by atoms with van der Waals surface area (Å²) in [5.41, 5.74) is 2.07. The van der Waals surface area contributed by atoms with Crippen molar-refractivity contribution >= 4 is 27.8 Å². The Kier molecular flexibility index (Phi) is 4.06. The Hall–Kier alpha value is -1.73. The molecule has 0 aliphatic carbocycles. The molecule has 92 valence electrons. The fraction of sp³-hybridized carbons (Fsp3) is 0.286. The number of fused-ring (bicyclic) bond motifs is 1. The summed E-state index contributed by atoms with van der Waals surface area (Å²) in [7, 11) is 1.92. The molecule has 1 heterocycles. The largest absolute Gasteiger partial charge is 0.288 e. The molecule has 0 N–H and O–H groups in total. The van der Waals surface area contributed by atoms with Crippen LogP contribution in [0.5, 0.6) is 0 Å². The van der Waals surface area contributed by atoms with Crippen LogP contribution in [-0.4, -0.2) is 20.6 Å². The van der Waals surface area contributed by atoms with E-state index >= 15 is 0 Å². The Morgan fingerprint density at radius 2 is 2.33 bits per heavy atom. The number of hydrogen-bond donors (Lipinski definition) is 0. The van der Waals surface area contributed by atoms with Crippen molar-refractivity contribution in [2.24, 2.45) is 7.05 Å². The van der Waals surface area contributed by atoms with Gasteiger partial charge < -0.3 is 0 Å². The highest BCUT2D eigenvalue weighted by molar-refractivity contribution is 8.13. The Bertz CT molecular complexity index is 634. The number of aryl methyl sites for hydroxylation is 1. The first-order valence-corrected chi connectivity index (χ1v) is 6.69. The average Bonchev–Trinajstić information content (AvgIpc) is 2.70. The molecule has 0 spiro atoms. The van der Waals surface area contributed by atoms with Crippen LogP contribution in [0.25, 0.3) is 10.9 Å². The van der Waals surface area contributed by atoms with Gasteiger partial charge in [0.25, 0.3) is 0 Å². The molecule has 0 unspecified atom stereocenters. The number of carbonyl (C=O) groups excluding carboxylic acids is 1. The normalized spacial score (nSPS) is 10.1. The van der Waals surface area contributed by atoms with Gasteiger partial charge >= 0.3 is 0 Å². The van der Waals surface area contributed by atoms with Gasteiger partial charge in [0.2, 0.25) is 0 Å². The van der Waals surface area contributed by atoms with Crippen molar-refractivity contribution in [1.82, 2.24) is 9.78 Å².